The van der Waals surface area contributed by atoms with Gasteiger partial charge >= 0.3 is 0 Å². The maximum absolute atomic E-state index is 12.9. The van der Waals surface area contributed by atoms with E-state index in [-0.39, 0.29) is 29.2 Å². The van der Waals surface area contributed by atoms with Gasteiger partial charge in [0.15, 0.2) is 0 Å². The number of nitrogens with zero attached hydrogens (tertiary/aromatic N) is 1. The zero-order valence-corrected chi connectivity index (χ0v) is 12.8. The molecule has 1 saturated carbocycles. The van der Waals surface area contributed by atoms with Gasteiger partial charge in [-0.3, -0.25) is 9.59 Å². The predicted octanol–water partition coefficient (Wildman–Crippen LogP) is 0.862. The Hall–Kier alpha value is -1.10. The summed E-state index contributed by atoms with van der Waals surface area (Å²) in [6.07, 6.45) is 3.24. The minimum Gasteiger partial charge on any atom is -0.368 e. The predicted molar refractivity (Wildman–Crippen MR) is 77.6 cm³/mol. The molecule has 4 N–H and O–H groups in total. The Morgan fingerprint density at radius 2 is 1.85 bits per heavy atom. The molecular formula is C15H27N3O2. The summed E-state index contributed by atoms with van der Waals surface area (Å²) in [6, 6.07) is -0.260. The van der Waals surface area contributed by atoms with Crippen LogP contribution < -0.4 is 11.5 Å². The summed E-state index contributed by atoms with van der Waals surface area (Å²) in [5.41, 5.74) is 11.4. The minimum atomic E-state index is -0.413. The van der Waals surface area contributed by atoms with Gasteiger partial charge in [0.25, 0.3) is 0 Å². The van der Waals surface area contributed by atoms with Crippen LogP contribution in [0.5, 0.6) is 0 Å². The molecule has 2 fully saturated rings. The third-order valence-corrected chi connectivity index (χ3v) is 5.66. The monoisotopic (exact) mass is 281 g/mol. The summed E-state index contributed by atoms with van der Waals surface area (Å²) in [7, 11) is 0. The summed E-state index contributed by atoms with van der Waals surface area (Å²) in [6.45, 7) is 7.02. The number of hydrogen-bond donors (Lipinski definition) is 2. The molecule has 0 aromatic rings. The Morgan fingerprint density at radius 1 is 1.20 bits per heavy atom. The number of carbonyl (C=O) groups is 2. The highest BCUT2D eigenvalue weighted by molar-refractivity contribution is 5.88. The van der Waals surface area contributed by atoms with Crippen LogP contribution in [0.1, 0.15) is 46.5 Å². The van der Waals surface area contributed by atoms with Crippen molar-refractivity contribution < 1.29 is 9.59 Å². The lowest BCUT2D eigenvalue weighted by molar-refractivity contribution is -0.147. The van der Waals surface area contributed by atoms with E-state index in [0.717, 1.165) is 19.3 Å². The van der Waals surface area contributed by atoms with Crippen molar-refractivity contribution >= 4 is 11.8 Å². The van der Waals surface area contributed by atoms with Gasteiger partial charge in [0.1, 0.15) is 6.04 Å². The summed E-state index contributed by atoms with van der Waals surface area (Å²) in [4.78, 5) is 26.1. The third-order valence-electron chi connectivity index (χ3n) is 5.66. The molecule has 114 valence electrons. The van der Waals surface area contributed by atoms with E-state index in [1.807, 2.05) is 0 Å². The van der Waals surface area contributed by atoms with Crippen LogP contribution in [0.4, 0.5) is 0 Å². The van der Waals surface area contributed by atoms with Gasteiger partial charge in [-0.05, 0) is 37.0 Å². The SMILES string of the molecule is CC1C(N)CCC(C(=O)N2CCCC2C(N)=O)C1(C)C. The molecule has 2 aliphatic rings. The Bertz CT molecular complexity index is 408. The topological polar surface area (TPSA) is 89.4 Å². The molecule has 0 spiro atoms. The lowest BCUT2D eigenvalue weighted by atomic mass is 9.60. The highest BCUT2D eigenvalue weighted by Crippen LogP contribution is 2.45. The van der Waals surface area contributed by atoms with Crippen LogP contribution in [0.15, 0.2) is 0 Å². The molecule has 5 heteroatoms. The van der Waals surface area contributed by atoms with Crippen molar-refractivity contribution in [2.45, 2.75) is 58.5 Å². The normalized spacial score (nSPS) is 36.9. The van der Waals surface area contributed by atoms with Gasteiger partial charge in [-0.15, -0.1) is 0 Å². The van der Waals surface area contributed by atoms with Crippen LogP contribution in [0, 0.1) is 17.3 Å². The smallest absolute Gasteiger partial charge is 0.240 e. The number of amides is 2. The quantitative estimate of drug-likeness (QED) is 0.786. The first-order valence-corrected chi connectivity index (χ1v) is 7.62. The van der Waals surface area contributed by atoms with Gasteiger partial charge in [-0.1, -0.05) is 20.8 Å². The van der Waals surface area contributed by atoms with Crippen molar-refractivity contribution in [2.24, 2.45) is 28.7 Å². The van der Waals surface area contributed by atoms with E-state index in [0.29, 0.717) is 18.9 Å². The largest absolute Gasteiger partial charge is 0.368 e. The van der Waals surface area contributed by atoms with Crippen LogP contribution in [0.2, 0.25) is 0 Å². The molecule has 0 aromatic heterocycles. The fourth-order valence-electron chi connectivity index (χ4n) is 3.82. The standard InChI is InChI=1S/C15H27N3O2/c1-9-11(16)7-6-10(15(9,2)3)14(20)18-8-4-5-12(18)13(17)19/h9-12H,4-8,16H2,1-3H3,(H2,17,19). The fourth-order valence-corrected chi connectivity index (χ4v) is 3.82. The van der Waals surface area contributed by atoms with Gasteiger partial charge < -0.3 is 16.4 Å². The first kappa shape index (κ1) is 15.3. The molecule has 4 atom stereocenters. The lowest BCUT2D eigenvalue weighted by Gasteiger charge is -2.47. The van der Waals surface area contributed by atoms with Gasteiger partial charge in [0.2, 0.25) is 11.8 Å². The number of likely N-dealkylation sites (tertiary alicyclic amines) is 1. The van der Waals surface area contributed by atoms with Gasteiger partial charge in [0.05, 0.1) is 0 Å². The highest BCUT2D eigenvalue weighted by Gasteiger charge is 2.48. The maximum atomic E-state index is 12.9. The number of hydrogen-bond acceptors (Lipinski definition) is 3. The van der Waals surface area contributed by atoms with Crippen LogP contribution in [-0.2, 0) is 9.59 Å². The molecule has 2 rings (SSSR count). The molecule has 0 bridgehead atoms. The molecule has 1 saturated heterocycles. The third kappa shape index (κ3) is 2.43. The second-order valence-corrected chi connectivity index (χ2v) is 7.00. The van der Waals surface area contributed by atoms with Gasteiger partial charge in [-0.2, -0.15) is 0 Å². The average molecular weight is 281 g/mol. The Balaban J connectivity index is 2.18. The molecule has 1 aliphatic heterocycles. The van der Waals surface area contributed by atoms with E-state index in [9.17, 15) is 9.59 Å². The van der Waals surface area contributed by atoms with Gasteiger partial charge in [-0.25, -0.2) is 0 Å². The summed E-state index contributed by atoms with van der Waals surface area (Å²) in [5, 5.41) is 0. The van der Waals surface area contributed by atoms with Crippen LogP contribution in [0.3, 0.4) is 0 Å². The number of rotatable bonds is 2. The second kappa shape index (κ2) is 5.35. The summed E-state index contributed by atoms with van der Waals surface area (Å²) in [5.74, 6) is -0.0543. The van der Waals surface area contributed by atoms with E-state index >= 15 is 0 Å². The van der Waals surface area contributed by atoms with E-state index in [1.54, 1.807) is 4.90 Å². The Morgan fingerprint density at radius 3 is 2.45 bits per heavy atom. The van der Waals surface area contributed by atoms with Crippen LogP contribution >= 0.6 is 0 Å². The van der Waals surface area contributed by atoms with E-state index in [2.05, 4.69) is 20.8 Å². The zero-order chi connectivity index (χ0) is 15.1. The van der Waals surface area contributed by atoms with Crippen LogP contribution in [-0.4, -0.2) is 35.3 Å². The molecule has 4 unspecified atom stereocenters. The molecule has 20 heavy (non-hydrogen) atoms. The average Bonchev–Trinajstić information content (AvgIpc) is 2.85. The minimum absolute atomic E-state index is 0.0581. The Kier molecular flexibility index (Phi) is 4.09. The first-order valence-electron chi connectivity index (χ1n) is 7.62. The highest BCUT2D eigenvalue weighted by atomic mass is 16.2. The molecule has 1 heterocycles. The van der Waals surface area contributed by atoms with E-state index in [1.165, 1.54) is 0 Å². The lowest BCUT2D eigenvalue weighted by Crippen LogP contribution is -2.54. The summed E-state index contributed by atoms with van der Waals surface area (Å²) < 4.78 is 0. The van der Waals surface area contributed by atoms with Crippen molar-refractivity contribution in [3.8, 4) is 0 Å². The van der Waals surface area contributed by atoms with Crippen molar-refractivity contribution in [2.75, 3.05) is 6.54 Å². The second-order valence-electron chi connectivity index (χ2n) is 7.00. The van der Waals surface area contributed by atoms with Crippen LogP contribution in [0.25, 0.3) is 0 Å². The van der Waals surface area contributed by atoms with Crippen molar-refractivity contribution in [3.63, 3.8) is 0 Å². The molecule has 0 radical (unpaired) electrons. The zero-order valence-electron chi connectivity index (χ0n) is 12.8. The van der Waals surface area contributed by atoms with Crippen molar-refractivity contribution in [1.29, 1.82) is 0 Å². The number of primary amides is 1. The van der Waals surface area contributed by atoms with Crippen molar-refractivity contribution in [3.05, 3.63) is 0 Å². The first-order chi connectivity index (χ1) is 9.26. The van der Waals surface area contributed by atoms with E-state index in [4.69, 9.17) is 11.5 Å². The van der Waals surface area contributed by atoms with Gasteiger partial charge in [0, 0.05) is 18.5 Å². The van der Waals surface area contributed by atoms with E-state index < -0.39 is 6.04 Å². The fraction of sp³-hybridized carbons (Fsp3) is 0.867. The molecule has 1 aliphatic carbocycles. The molecule has 0 aromatic carbocycles. The Labute approximate surface area is 121 Å². The molecule has 5 nitrogen and oxygen atoms in total. The molecule has 2 amide bonds. The molecular weight excluding hydrogens is 254 g/mol. The van der Waals surface area contributed by atoms with Crippen molar-refractivity contribution in [1.82, 2.24) is 4.90 Å². The summed E-state index contributed by atoms with van der Waals surface area (Å²) >= 11 is 0. The number of carbonyl (C=O) groups excluding carboxylic acids is 2. The maximum Gasteiger partial charge on any atom is 0.240 e. The number of nitrogens with two attached hydrogens (primary N) is 2.